The third kappa shape index (κ3) is 2.27. The maximum Gasteiger partial charge on any atom is 0.125 e. The van der Waals surface area contributed by atoms with Crippen molar-refractivity contribution in [1.82, 2.24) is 0 Å². The number of hydrogen-bond donors (Lipinski definition) is 1. The second-order valence-corrected chi connectivity index (χ2v) is 4.44. The van der Waals surface area contributed by atoms with Gasteiger partial charge in [0.2, 0.25) is 0 Å². The van der Waals surface area contributed by atoms with E-state index in [1.807, 2.05) is 12.1 Å². The van der Waals surface area contributed by atoms with Crippen LogP contribution in [-0.4, -0.2) is 0 Å². The molecule has 2 heteroatoms. The fourth-order valence-corrected chi connectivity index (χ4v) is 2.21. The van der Waals surface area contributed by atoms with Gasteiger partial charge in [-0.05, 0) is 42.7 Å². The quantitative estimate of drug-likeness (QED) is 0.874. The Morgan fingerprint density at radius 3 is 2.29 bits per heavy atom. The summed E-state index contributed by atoms with van der Waals surface area (Å²) in [5.74, 6) is 1.83. The fraction of sp³-hybridized carbons (Fsp3) is 0.333. The minimum absolute atomic E-state index is 0.170. The molecule has 1 aromatic carbocycles. The maximum atomic E-state index is 6.29. The van der Waals surface area contributed by atoms with Crippen LogP contribution in [0.4, 0.5) is 0 Å². The molecule has 0 aliphatic rings. The average molecular weight is 229 g/mol. The number of aryl methyl sites for hydroxylation is 3. The zero-order chi connectivity index (χ0) is 12.4. The highest BCUT2D eigenvalue weighted by Gasteiger charge is 2.16. The van der Waals surface area contributed by atoms with Crippen LogP contribution in [0.5, 0.6) is 0 Å². The van der Waals surface area contributed by atoms with Gasteiger partial charge in [-0.25, -0.2) is 0 Å². The molecule has 2 aromatic rings. The van der Waals surface area contributed by atoms with Gasteiger partial charge in [0.25, 0.3) is 0 Å². The van der Waals surface area contributed by atoms with E-state index in [4.69, 9.17) is 10.2 Å². The Labute approximate surface area is 102 Å². The molecule has 0 spiro atoms. The largest absolute Gasteiger partial charge is 0.464 e. The molecule has 0 aliphatic heterocycles. The van der Waals surface area contributed by atoms with Crippen molar-refractivity contribution in [1.29, 1.82) is 0 Å². The normalized spacial score (nSPS) is 12.7. The molecule has 1 heterocycles. The van der Waals surface area contributed by atoms with E-state index in [2.05, 4.69) is 39.0 Å². The molecule has 0 aliphatic carbocycles. The molecular formula is C15H19NO. The van der Waals surface area contributed by atoms with Gasteiger partial charge in [-0.3, -0.25) is 0 Å². The number of rotatable bonds is 3. The van der Waals surface area contributed by atoms with Crippen molar-refractivity contribution in [3.05, 3.63) is 58.5 Å². The molecule has 0 saturated carbocycles. The molecule has 0 fully saturated rings. The van der Waals surface area contributed by atoms with Crippen LogP contribution in [0.15, 0.2) is 34.7 Å². The summed E-state index contributed by atoms with van der Waals surface area (Å²) in [6.45, 7) is 6.25. The second kappa shape index (κ2) is 4.76. The van der Waals surface area contributed by atoms with Gasteiger partial charge < -0.3 is 10.2 Å². The van der Waals surface area contributed by atoms with Gasteiger partial charge in [0.1, 0.15) is 11.5 Å². The Bertz CT molecular complexity index is 493. The lowest BCUT2D eigenvalue weighted by atomic mass is 9.95. The second-order valence-electron chi connectivity index (χ2n) is 4.44. The maximum absolute atomic E-state index is 6.29. The van der Waals surface area contributed by atoms with Crippen molar-refractivity contribution in [2.45, 2.75) is 33.2 Å². The Kier molecular flexibility index (Phi) is 3.34. The summed E-state index contributed by atoms with van der Waals surface area (Å²) in [5.41, 5.74) is 9.89. The molecule has 1 unspecified atom stereocenters. The minimum atomic E-state index is -0.170. The van der Waals surface area contributed by atoms with Gasteiger partial charge >= 0.3 is 0 Å². The Morgan fingerprint density at radius 1 is 1.12 bits per heavy atom. The van der Waals surface area contributed by atoms with E-state index in [1.165, 1.54) is 16.7 Å². The number of hydrogen-bond acceptors (Lipinski definition) is 2. The van der Waals surface area contributed by atoms with E-state index >= 15 is 0 Å². The third-order valence-electron chi connectivity index (χ3n) is 3.19. The first kappa shape index (κ1) is 11.9. The summed E-state index contributed by atoms with van der Waals surface area (Å²) in [7, 11) is 0. The first-order chi connectivity index (χ1) is 8.13. The van der Waals surface area contributed by atoms with Crippen LogP contribution in [0.2, 0.25) is 0 Å². The highest BCUT2D eigenvalue weighted by molar-refractivity contribution is 5.39. The van der Waals surface area contributed by atoms with Crippen molar-refractivity contribution in [2.24, 2.45) is 5.73 Å². The van der Waals surface area contributed by atoms with Crippen LogP contribution in [-0.2, 0) is 6.42 Å². The lowest BCUT2D eigenvalue weighted by molar-refractivity contribution is 0.453. The summed E-state index contributed by atoms with van der Waals surface area (Å²) in [6.07, 6.45) is 0.902. The highest BCUT2D eigenvalue weighted by atomic mass is 16.3. The van der Waals surface area contributed by atoms with E-state index in [9.17, 15) is 0 Å². The minimum Gasteiger partial charge on any atom is -0.464 e. The van der Waals surface area contributed by atoms with Gasteiger partial charge in [0.15, 0.2) is 0 Å². The summed E-state index contributed by atoms with van der Waals surface area (Å²) < 4.78 is 5.73. The molecule has 2 N–H and O–H groups in total. The molecule has 0 amide bonds. The monoisotopic (exact) mass is 229 g/mol. The first-order valence-corrected chi connectivity index (χ1v) is 6.03. The molecule has 0 radical (unpaired) electrons. The predicted molar refractivity (Wildman–Crippen MR) is 70.0 cm³/mol. The van der Waals surface area contributed by atoms with E-state index in [0.717, 1.165) is 17.9 Å². The molecule has 1 atom stereocenters. The van der Waals surface area contributed by atoms with Gasteiger partial charge in [-0.1, -0.05) is 25.1 Å². The smallest absolute Gasteiger partial charge is 0.125 e. The van der Waals surface area contributed by atoms with E-state index in [1.54, 1.807) is 0 Å². The SMILES string of the molecule is CCc1ccc(C(N)c2c(C)cccc2C)o1. The lowest BCUT2D eigenvalue weighted by Crippen LogP contribution is -2.14. The number of furan rings is 1. The summed E-state index contributed by atoms with van der Waals surface area (Å²) in [6, 6.07) is 10.0. The van der Waals surface area contributed by atoms with Crippen molar-refractivity contribution < 1.29 is 4.42 Å². The molecular weight excluding hydrogens is 210 g/mol. The molecule has 2 nitrogen and oxygen atoms in total. The summed E-state index contributed by atoms with van der Waals surface area (Å²) in [4.78, 5) is 0. The van der Waals surface area contributed by atoms with Gasteiger partial charge in [-0.2, -0.15) is 0 Å². The summed E-state index contributed by atoms with van der Waals surface area (Å²) >= 11 is 0. The Morgan fingerprint density at radius 2 is 1.76 bits per heavy atom. The van der Waals surface area contributed by atoms with Crippen molar-refractivity contribution in [2.75, 3.05) is 0 Å². The van der Waals surface area contributed by atoms with Crippen LogP contribution in [0, 0.1) is 13.8 Å². The van der Waals surface area contributed by atoms with Crippen molar-refractivity contribution >= 4 is 0 Å². The fourth-order valence-electron chi connectivity index (χ4n) is 2.21. The van der Waals surface area contributed by atoms with Crippen LogP contribution >= 0.6 is 0 Å². The van der Waals surface area contributed by atoms with Crippen LogP contribution in [0.1, 0.15) is 41.2 Å². The number of nitrogens with two attached hydrogens (primary N) is 1. The van der Waals surface area contributed by atoms with Crippen LogP contribution in [0.25, 0.3) is 0 Å². The molecule has 0 saturated heterocycles. The zero-order valence-corrected chi connectivity index (χ0v) is 10.7. The van der Waals surface area contributed by atoms with Gasteiger partial charge in [0.05, 0.1) is 6.04 Å². The molecule has 17 heavy (non-hydrogen) atoms. The summed E-state index contributed by atoms with van der Waals surface area (Å²) in [5, 5.41) is 0. The molecule has 1 aromatic heterocycles. The number of benzene rings is 1. The molecule has 0 bridgehead atoms. The van der Waals surface area contributed by atoms with Crippen molar-refractivity contribution in [3.8, 4) is 0 Å². The van der Waals surface area contributed by atoms with Crippen LogP contribution < -0.4 is 5.73 Å². The van der Waals surface area contributed by atoms with Gasteiger partial charge in [-0.15, -0.1) is 0 Å². The predicted octanol–water partition coefficient (Wildman–Crippen LogP) is 3.51. The van der Waals surface area contributed by atoms with E-state index in [-0.39, 0.29) is 6.04 Å². The van der Waals surface area contributed by atoms with E-state index < -0.39 is 0 Å². The lowest BCUT2D eigenvalue weighted by Gasteiger charge is -2.15. The van der Waals surface area contributed by atoms with Crippen LogP contribution in [0.3, 0.4) is 0 Å². The van der Waals surface area contributed by atoms with Crippen molar-refractivity contribution in [3.63, 3.8) is 0 Å². The Balaban J connectivity index is 2.39. The average Bonchev–Trinajstić information content (AvgIpc) is 2.77. The standard InChI is InChI=1S/C15H19NO/c1-4-12-8-9-13(17-12)15(16)14-10(2)6-5-7-11(14)3/h5-9,15H,4,16H2,1-3H3. The van der Waals surface area contributed by atoms with E-state index in [0.29, 0.717) is 0 Å². The Hall–Kier alpha value is -1.54. The highest BCUT2D eigenvalue weighted by Crippen LogP contribution is 2.27. The van der Waals surface area contributed by atoms with Gasteiger partial charge in [0, 0.05) is 6.42 Å². The molecule has 90 valence electrons. The topological polar surface area (TPSA) is 39.2 Å². The zero-order valence-electron chi connectivity index (χ0n) is 10.7. The first-order valence-electron chi connectivity index (χ1n) is 6.03. The molecule has 2 rings (SSSR count). The third-order valence-corrected chi connectivity index (χ3v) is 3.19.